The van der Waals surface area contributed by atoms with Crippen LogP contribution in [-0.4, -0.2) is 21.0 Å². The fourth-order valence-corrected chi connectivity index (χ4v) is 1.65. The number of rotatable bonds is 2. The Morgan fingerprint density at radius 1 is 1.57 bits per heavy atom. The normalized spacial score (nSPS) is 11.0. The molecule has 0 aliphatic rings. The largest absolute Gasteiger partial charge is 0.508 e. The SMILES string of the molecule is NCCc1nc(Cl)c2cc(O)ccn12. The number of fused-ring (bicyclic) bond motifs is 1. The molecule has 5 heteroatoms. The fourth-order valence-electron chi connectivity index (χ4n) is 1.40. The molecule has 74 valence electrons. The number of imidazole rings is 1. The monoisotopic (exact) mass is 211 g/mol. The van der Waals surface area contributed by atoms with Gasteiger partial charge in [0.1, 0.15) is 11.6 Å². The van der Waals surface area contributed by atoms with Gasteiger partial charge in [-0.25, -0.2) is 4.98 Å². The molecule has 0 saturated carbocycles. The van der Waals surface area contributed by atoms with Crippen LogP contribution in [0.1, 0.15) is 5.82 Å². The van der Waals surface area contributed by atoms with Gasteiger partial charge in [0.05, 0.1) is 5.52 Å². The summed E-state index contributed by atoms with van der Waals surface area (Å²) < 4.78 is 1.83. The topological polar surface area (TPSA) is 63.5 Å². The molecule has 0 spiro atoms. The fraction of sp³-hybridized carbons (Fsp3) is 0.222. The first-order valence-electron chi connectivity index (χ1n) is 4.28. The Kier molecular flexibility index (Phi) is 2.31. The molecule has 2 aromatic heterocycles. The van der Waals surface area contributed by atoms with E-state index in [-0.39, 0.29) is 5.75 Å². The van der Waals surface area contributed by atoms with Crippen LogP contribution in [0.5, 0.6) is 5.75 Å². The average molecular weight is 212 g/mol. The molecule has 0 bridgehead atoms. The third-order valence-corrected chi connectivity index (χ3v) is 2.30. The van der Waals surface area contributed by atoms with Crippen molar-refractivity contribution in [2.24, 2.45) is 5.73 Å². The summed E-state index contributed by atoms with van der Waals surface area (Å²) in [4.78, 5) is 4.16. The van der Waals surface area contributed by atoms with Crippen molar-refractivity contribution >= 4 is 17.1 Å². The summed E-state index contributed by atoms with van der Waals surface area (Å²) in [5, 5.41) is 9.66. The molecule has 0 aliphatic heterocycles. The second kappa shape index (κ2) is 3.48. The molecule has 0 amide bonds. The van der Waals surface area contributed by atoms with E-state index in [0.29, 0.717) is 23.6 Å². The van der Waals surface area contributed by atoms with E-state index >= 15 is 0 Å². The van der Waals surface area contributed by atoms with Crippen molar-refractivity contribution in [1.29, 1.82) is 0 Å². The van der Waals surface area contributed by atoms with Crippen LogP contribution in [0.4, 0.5) is 0 Å². The molecular weight excluding hydrogens is 202 g/mol. The molecule has 0 unspecified atom stereocenters. The zero-order valence-electron chi connectivity index (χ0n) is 7.44. The van der Waals surface area contributed by atoms with Crippen molar-refractivity contribution in [2.75, 3.05) is 6.54 Å². The maximum atomic E-state index is 9.27. The summed E-state index contributed by atoms with van der Waals surface area (Å²) in [5.41, 5.74) is 6.15. The van der Waals surface area contributed by atoms with Gasteiger partial charge in [-0.05, 0) is 12.6 Å². The summed E-state index contributed by atoms with van der Waals surface area (Å²) in [6.07, 6.45) is 2.40. The summed E-state index contributed by atoms with van der Waals surface area (Å²) in [7, 11) is 0. The van der Waals surface area contributed by atoms with Crippen molar-refractivity contribution < 1.29 is 5.11 Å². The highest BCUT2D eigenvalue weighted by atomic mass is 35.5. The molecular formula is C9H10ClN3O. The van der Waals surface area contributed by atoms with Gasteiger partial charge >= 0.3 is 0 Å². The van der Waals surface area contributed by atoms with E-state index in [1.54, 1.807) is 18.3 Å². The minimum Gasteiger partial charge on any atom is -0.508 e. The zero-order valence-corrected chi connectivity index (χ0v) is 8.20. The lowest BCUT2D eigenvalue weighted by Crippen LogP contribution is -2.05. The van der Waals surface area contributed by atoms with Crippen LogP contribution in [0, 0.1) is 0 Å². The van der Waals surface area contributed by atoms with Gasteiger partial charge in [0.25, 0.3) is 0 Å². The second-order valence-electron chi connectivity index (χ2n) is 3.00. The highest BCUT2D eigenvalue weighted by Crippen LogP contribution is 2.22. The number of nitrogens with zero attached hydrogens (tertiary/aromatic N) is 2. The van der Waals surface area contributed by atoms with E-state index in [4.69, 9.17) is 17.3 Å². The van der Waals surface area contributed by atoms with Gasteiger partial charge < -0.3 is 15.2 Å². The lowest BCUT2D eigenvalue weighted by molar-refractivity contribution is 0.475. The first-order valence-corrected chi connectivity index (χ1v) is 4.65. The van der Waals surface area contributed by atoms with E-state index in [0.717, 1.165) is 5.82 Å². The second-order valence-corrected chi connectivity index (χ2v) is 3.36. The van der Waals surface area contributed by atoms with Gasteiger partial charge in [0.15, 0.2) is 5.15 Å². The average Bonchev–Trinajstić information content (AvgIpc) is 2.44. The Labute approximate surface area is 85.9 Å². The number of halogens is 1. The maximum absolute atomic E-state index is 9.27. The van der Waals surface area contributed by atoms with Crippen molar-refractivity contribution in [3.63, 3.8) is 0 Å². The number of aromatic hydroxyl groups is 1. The molecule has 0 aromatic carbocycles. The van der Waals surface area contributed by atoms with Crippen LogP contribution in [0.15, 0.2) is 18.3 Å². The Balaban J connectivity index is 2.65. The third kappa shape index (κ3) is 1.42. The van der Waals surface area contributed by atoms with Crippen molar-refractivity contribution in [3.8, 4) is 5.75 Å². The first-order chi connectivity index (χ1) is 6.72. The molecule has 0 atom stereocenters. The van der Waals surface area contributed by atoms with Gasteiger partial charge in [-0.15, -0.1) is 0 Å². The van der Waals surface area contributed by atoms with Crippen LogP contribution >= 0.6 is 11.6 Å². The molecule has 0 aliphatic carbocycles. The highest BCUT2D eigenvalue weighted by Gasteiger charge is 2.08. The van der Waals surface area contributed by atoms with Gasteiger partial charge in [-0.3, -0.25) is 0 Å². The molecule has 4 nitrogen and oxygen atoms in total. The van der Waals surface area contributed by atoms with Crippen molar-refractivity contribution in [1.82, 2.24) is 9.38 Å². The minimum atomic E-state index is 0.179. The van der Waals surface area contributed by atoms with Gasteiger partial charge in [0, 0.05) is 18.7 Å². The van der Waals surface area contributed by atoms with Crippen LogP contribution in [0.2, 0.25) is 5.15 Å². The zero-order chi connectivity index (χ0) is 10.1. The van der Waals surface area contributed by atoms with E-state index in [1.165, 1.54) is 0 Å². The molecule has 3 N–H and O–H groups in total. The lowest BCUT2D eigenvalue weighted by Gasteiger charge is -1.98. The molecule has 2 rings (SSSR count). The quantitative estimate of drug-likeness (QED) is 0.785. The first kappa shape index (κ1) is 9.30. The number of aromatic nitrogens is 2. The van der Waals surface area contributed by atoms with Crippen molar-refractivity contribution in [2.45, 2.75) is 6.42 Å². The van der Waals surface area contributed by atoms with Gasteiger partial charge in [-0.1, -0.05) is 11.6 Å². The van der Waals surface area contributed by atoms with E-state index < -0.39 is 0 Å². The number of hydrogen-bond donors (Lipinski definition) is 2. The molecule has 2 aromatic rings. The maximum Gasteiger partial charge on any atom is 0.155 e. The van der Waals surface area contributed by atoms with Crippen LogP contribution in [-0.2, 0) is 6.42 Å². The smallest absolute Gasteiger partial charge is 0.155 e. The highest BCUT2D eigenvalue weighted by molar-refractivity contribution is 6.32. The number of nitrogens with two attached hydrogens (primary N) is 1. The number of pyridine rings is 1. The van der Waals surface area contributed by atoms with Crippen LogP contribution in [0.25, 0.3) is 5.52 Å². The number of hydrogen-bond acceptors (Lipinski definition) is 3. The molecule has 2 heterocycles. The summed E-state index contributed by atoms with van der Waals surface area (Å²) in [5.74, 6) is 0.992. The Hall–Kier alpha value is -1.26. The molecule has 14 heavy (non-hydrogen) atoms. The summed E-state index contributed by atoms with van der Waals surface area (Å²) in [6, 6.07) is 3.17. The van der Waals surface area contributed by atoms with E-state index in [1.807, 2.05) is 4.40 Å². The lowest BCUT2D eigenvalue weighted by atomic mass is 10.4. The van der Waals surface area contributed by atoms with Gasteiger partial charge in [-0.2, -0.15) is 0 Å². The predicted molar refractivity (Wildman–Crippen MR) is 54.6 cm³/mol. The van der Waals surface area contributed by atoms with Crippen molar-refractivity contribution in [3.05, 3.63) is 29.3 Å². The predicted octanol–water partition coefficient (Wildman–Crippen LogP) is 1.19. The van der Waals surface area contributed by atoms with E-state index in [2.05, 4.69) is 4.98 Å². The standard InChI is InChI=1S/C9H10ClN3O/c10-9-7-5-6(14)2-4-13(7)8(12-9)1-3-11/h2,4-5,14H,1,3,11H2. The van der Waals surface area contributed by atoms with Gasteiger partial charge in [0.2, 0.25) is 0 Å². The van der Waals surface area contributed by atoms with Crippen LogP contribution in [0.3, 0.4) is 0 Å². The summed E-state index contributed by atoms with van der Waals surface area (Å²) in [6.45, 7) is 0.524. The third-order valence-electron chi connectivity index (χ3n) is 2.02. The Bertz CT molecular complexity index is 466. The Morgan fingerprint density at radius 2 is 2.36 bits per heavy atom. The molecule has 0 radical (unpaired) electrons. The summed E-state index contributed by atoms with van der Waals surface area (Å²) >= 11 is 5.90. The van der Waals surface area contributed by atoms with E-state index in [9.17, 15) is 5.11 Å². The molecule has 0 saturated heterocycles. The molecule has 0 fully saturated rings. The minimum absolute atomic E-state index is 0.179. The van der Waals surface area contributed by atoms with Crippen LogP contribution < -0.4 is 5.73 Å². The Morgan fingerprint density at radius 3 is 3.07 bits per heavy atom.